The highest BCUT2D eigenvalue weighted by molar-refractivity contribution is 7.92. The summed E-state index contributed by atoms with van der Waals surface area (Å²) in [6.07, 6.45) is 1.41. The maximum Gasteiger partial charge on any atom is 0.320 e. The fourth-order valence-electron chi connectivity index (χ4n) is 3.35. The van der Waals surface area contributed by atoms with Crippen molar-refractivity contribution >= 4 is 15.9 Å². The predicted molar refractivity (Wildman–Crippen MR) is 90.4 cm³/mol. The number of halogens is 1. The van der Waals surface area contributed by atoms with Crippen molar-refractivity contribution in [2.24, 2.45) is 0 Å². The van der Waals surface area contributed by atoms with Gasteiger partial charge in [0.2, 0.25) is 0 Å². The summed E-state index contributed by atoms with van der Waals surface area (Å²) in [7, 11) is -3.59. The molecule has 8 heteroatoms. The molecule has 2 fully saturated rings. The van der Waals surface area contributed by atoms with E-state index in [2.05, 4.69) is 0 Å². The monoisotopic (exact) mass is 370 g/mol. The molecule has 6 nitrogen and oxygen atoms in total. The van der Waals surface area contributed by atoms with E-state index < -0.39 is 26.5 Å². The van der Waals surface area contributed by atoms with Gasteiger partial charge < -0.3 is 14.9 Å². The molecule has 2 amide bonds. The normalized spacial score (nSPS) is 23.7. The average Bonchev–Trinajstić information content (AvgIpc) is 3.05. The molecule has 2 saturated heterocycles. The van der Waals surface area contributed by atoms with Gasteiger partial charge in [0, 0.05) is 26.2 Å². The van der Waals surface area contributed by atoms with Gasteiger partial charge in [-0.2, -0.15) is 0 Å². The lowest BCUT2D eigenvalue weighted by Gasteiger charge is -2.37. The number of aliphatic hydroxyl groups is 1. The first-order chi connectivity index (χ1) is 11.7. The number of benzene rings is 1. The van der Waals surface area contributed by atoms with E-state index in [0.717, 1.165) is 12.1 Å². The molecule has 2 heterocycles. The number of sulfone groups is 1. The zero-order valence-corrected chi connectivity index (χ0v) is 15.0. The van der Waals surface area contributed by atoms with Crippen LogP contribution in [0.5, 0.6) is 0 Å². The molecule has 0 unspecified atom stereocenters. The van der Waals surface area contributed by atoms with E-state index in [9.17, 15) is 22.7 Å². The summed E-state index contributed by atoms with van der Waals surface area (Å²) < 4.78 is 38.3. The molecule has 2 aliphatic heterocycles. The van der Waals surface area contributed by atoms with Crippen LogP contribution >= 0.6 is 0 Å². The van der Waals surface area contributed by atoms with Crippen molar-refractivity contribution in [2.45, 2.75) is 41.9 Å². The number of urea groups is 1. The number of carbonyl (C=O) groups excluding carboxylic acids is 1. The minimum Gasteiger partial charge on any atom is -0.390 e. The molecule has 0 bridgehead atoms. The van der Waals surface area contributed by atoms with Crippen molar-refractivity contribution in [3.63, 3.8) is 0 Å². The van der Waals surface area contributed by atoms with Gasteiger partial charge in [-0.1, -0.05) is 0 Å². The molecular weight excluding hydrogens is 347 g/mol. The number of likely N-dealkylation sites (tertiary alicyclic amines) is 2. The van der Waals surface area contributed by atoms with Crippen molar-refractivity contribution in [1.82, 2.24) is 9.80 Å². The topological polar surface area (TPSA) is 77.9 Å². The molecule has 1 aromatic rings. The van der Waals surface area contributed by atoms with Crippen LogP contribution in [0.15, 0.2) is 29.2 Å². The second-order valence-corrected chi connectivity index (χ2v) is 9.35. The van der Waals surface area contributed by atoms with Gasteiger partial charge in [-0.3, -0.25) is 0 Å². The molecule has 1 aromatic carbocycles. The Labute approximate surface area is 147 Å². The first kappa shape index (κ1) is 18.1. The second-order valence-electron chi connectivity index (χ2n) is 7.12. The van der Waals surface area contributed by atoms with E-state index in [0.29, 0.717) is 38.9 Å². The molecule has 0 radical (unpaired) electrons. The third-order valence-electron chi connectivity index (χ3n) is 5.11. The zero-order chi connectivity index (χ0) is 18.2. The maximum absolute atomic E-state index is 13.0. The van der Waals surface area contributed by atoms with Gasteiger partial charge in [-0.25, -0.2) is 17.6 Å². The second kappa shape index (κ2) is 6.57. The average molecular weight is 370 g/mol. The van der Waals surface area contributed by atoms with Crippen LogP contribution in [-0.2, 0) is 9.84 Å². The number of amides is 2. The molecule has 25 heavy (non-hydrogen) atoms. The van der Waals surface area contributed by atoms with Crippen molar-refractivity contribution < 1.29 is 22.7 Å². The van der Waals surface area contributed by atoms with Crippen molar-refractivity contribution in [3.05, 3.63) is 30.1 Å². The van der Waals surface area contributed by atoms with Crippen molar-refractivity contribution in [1.29, 1.82) is 0 Å². The lowest BCUT2D eigenvalue weighted by atomic mass is 9.94. The van der Waals surface area contributed by atoms with Crippen LogP contribution in [0.25, 0.3) is 0 Å². The SMILES string of the molecule is CC1(O)CCN(C(=O)N2CC[C@H](S(=O)(=O)c3ccc(F)cc3)C2)CC1. The summed E-state index contributed by atoms with van der Waals surface area (Å²) in [5, 5.41) is 9.30. The molecule has 2 aliphatic rings. The molecule has 0 aromatic heterocycles. The summed E-state index contributed by atoms with van der Waals surface area (Å²) in [6, 6.07) is 4.62. The van der Waals surface area contributed by atoms with Gasteiger partial charge in [0.05, 0.1) is 15.7 Å². The van der Waals surface area contributed by atoms with Crippen LogP contribution in [0.3, 0.4) is 0 Å². The van der Waals surface area contributed by atoms with Crippen LogP contribution in [0.1, 0.15) is 26.2 Å². The quantitative estimate of drug-likeness (QED) is 0.803. The standard InChI is InChI=1S/C17H23FN2O4S/c1-17(22)7-10-19(11-8-17)16(21)20-9-6-15(12-20)25(23,24)14-4-2-13(18)3-5-14/h2-5,15,22H,6-12H2,1H3/t15-/m0/s1. The van der Waals surface area contributed by atoms with Gasteiger partial charge in [-0.15, -0.1) is 0 Å². The Morgan fingerprint density at radius 2 is 1.76 bits per heavy atom. The largest absolute Gasteiger partial charge is 0.390 e. The number of hydrogen-bond donors (Lipinski definition) is 1. The Morgan fingerprint density at radius 3 is 2.36 bits per heavy atom. The molecule has 0 aliphatic carbocycles. The van der Waals surface area contributed by atoms with Gasteiger partial charge in [0.15, 0.2) is 9.84 Å². The Morgan fingerprint density at radius 1 is 1.16 bits per heavy atom. The maximum atomic E-state index is 13.0. The van der Waals surface area contributed by atoms with Gasteiger partial charge >= 0.3 is 6.03 Å². The van der Waals surface area contributed by atoms with E-state index in [1.165, 1.54) is 12.1 Å². The molecule has 0 spiro atoms. The summed E-state index contributed by atoms with van der Waals surface area (Å²) >= 11 is 0. The van der Waals surface area contributed by atoms with E-state index in [-0.39, 0.29) is 17.5 Å². The third-order valence-corrected chi connectivity index (χ3v) is 7.30. The molecule has 1 atom stereocenters. The Balaban J connectivity index is 1.65. The highest BCUT2D eigenvalue weighted by Crippen LogP contribution is 2.27. The van der Waals surface area contributed by atoms with Gasteiger partial charge in [-0.05, 0) is 50.5 Å². The predicted octanol–water partition coefficient (Wildman–Crippen LogP) is 1.64. The van der Waals surface area contributed by atoms with Gasteiger partial charge in [0.25, 0.3) is 0 Å². The first-order valence-corrected chi connectivity index (χ1v) is 9.99. The lowest BCUT2D eigenvalue weighted by Crippen LogP contribution is -2.50. The van der Waals surface area contributed by atoms with Crippen LogP contribution in [0.2, 0.25) is 0 Å². The summed E-state index contributed by atoms with van der Waals surface area (Å²) in [5.41, 5.74) is -0.740. The fourth-order valence-corrected chi connectivity index (χ4v) is 5.04. The number of nitrogens with zero attached hydrogens (tertiary/aromatic N) is 2. The summed E-state index contributed by atoms with van der Waals surface area (Å²) in [5.74, 6) is -0.483. The minimum absolute atomic E-state index is 0.0854. The Bertz CT molecular complexity index is 738. The molecular formula is C17H23FN2O4S. The first-order valence-electron chi connectivity index (χ1n) is 8.45. The number of piperidine rings is 1. The van der Waals surface area contributed by atoms with Crippen LogP contribution in [0, 0.1) is 5.82 Å². The molecule has 3 rings (SSSR count). The van der Waals surface area contributed by atoms with Crippen molar-refractivity contribution in [3.8, 4) is 0 Å². The Hall–Kier alpha value is -1.67. The summed E-state index contributed by atoms with van der Waals surface area (Å²) in [6.45, 7) is 3.23. The highest BCUT2D eigenvalue weighted by atomic mass is 32.2. The van der Waals surface area contributed by atoms with E-state index in [1.54, 1.807) is 16.7 Å². The van der Waals surface area contributed by atoms with Crippen molar-refractivity contribution in [2.75, 3.05) is 26.2 Å². The number of carbonyl (C=O) groups is 1. The van der Waals surface area contributed by atoms with Crippen LogP contribution in [-0.4, -0.2) is 66.4 Å². The highest BCUT2D eigenvalue weighted by Gasteiger charge is 2.39. The van der Waals surface area contributed by atoms with Crippen LogP contribution < -0.4 is 0 Å². The zero-order valence-electron chi connectivity index (χ0n) is 14.2. The minimum atomic E-state index is -3.59. The number of rotatable bonds is 2. The van der Waals surface area contributed by atoms with E-state index >= 15 is 0 Å². The third kappa shape index (κ3) is 3.79. The fraction of sp³-hybridized carbons (Fsp3) is 0.588. The van der Waals surface area contributed by atoms with E-state index in [1.807, 2.05) is 0 Å². The van der Waals surface area contributed by atoms with Crippen LogP contribution in [0.4, 0.5) is 9.18 Å². The van der Waals surface area contributed by atoms with E-state index in [4.69, 9.17) is 0 Å². The lowest BCUT2D eigenvalue weighted by molar-refractivity contribution is 0.00127. The smallest absolute Gasteiger partial charge is 0.320 e. The Kier molecular flexibility index (Phi) is 4.76. The van der Waals surface area contributed by atoms with Gasteiger partial charge in [0.1, 0.15) is 5.82 Å². The molecule has 0 saturated carbocycles. The molecule has 138 valence electrons. The molecule has 1 N–H and O–H groups in total. The number of hydrogen-bond acceptors (Lipinski definition) is 4. The summed E-state index contributed by atoms with van der Waals surface area (Å²) in [4.78, 5) is 15.9.